The van der Waals surface area contributed by atoms with Crippen LogP contribution in [0, 0.1) is 0 Å². The molecule has 1 heterocycles. The molecule has 3 atom stereocenters. The highest BCUT2D eigenvalue weighted by atomic mass is 28.4. The lowest BCUT2D eigenvalue weighted by Gasteiger charge is -2.40. The van der Waals surface area contributed by atoms with Crippen LogP contribution in [0.1, 0.15) is 47.0 Å². The van der Waals surface area contributed by atoms with E-state index in [0.717, 1.165) is 6.42 Å². The Kier molecular flexibility index (Phi) is 7.04. The van der Waals surface area contributed by atoms with Crippen molar-refractivity contribution in [2.75, 3.05) is 13.2 Å². The zero-order valence-corrected chi connectivity index (χ0v) is 15.9. The lowest BCUT2D eigenvalue weighted by Crippen LogP contribution is -2.55. The second-order valence-electron chi connectivity index (χ2n) is 7.70. The number of piperidine rings is 1. The van der Waals surface area contributed by atoms with E-state index in [1.54, 1.807) is 0 Å². The van der Waals surface area contributed by atoms with E-state index in [-0.39, 0.29) is 23.1 Å². The van der Waals surface area contributed by atoms with Crippen molar-refractivity contribution in [2.45, 2.75) is 83.3 Å². The van der Waals surface area contributed by atoms with Crippen molar-refractivity contribution in [1.82, 2.24) is 5.32 Å². The van der Waals surface area contributed by atoms with Gasteiger partial charge in [-0.15, -0.1) is 0 Å². The largest absolute Gasteiger partial charge is 0.466 e. The molecule has 0 spiro atoms. The summed E-state index contributed by atoms with van der Waals surface area (Å²) in [6.07, 6.45) is 1.43. The van der Waals surface area contributed by atoms with Gasteiger partial charge in [0.1, 0.15) is 0 Å². The standard InChI is InChI=1S/C16H33NO4Si/c1-7-20-15(19)10-12-8-9-14(18)13(17-12)11-21-22(5,6)16(2,3)4/h12-14,17-18H,7-11H2,1-6H3/t12-,13-,14+/m1/s1. The Morgan fingerprint density at radius 2 is 1.95 bits per heavy atom. The summed E-state index contributed by atoms with van der Waals surface area (Å²) in [7, 11) is -1.83. The third-order valence-corrected chi connectivity index (χ3v) is 9.37. The Morgan fingerprint density at radius 3 is 2.50 bits per heavy atom. The normalized spacial score (nSPS) is 26.8. The second kappa shape index (κ2) is 7.90. The molecular formula is C16H33NO4Si. The topological polar surface area (TPSA) is 67.8 Å². The van der Waals surface area contributed by atoms with E-state index in [1.165, 1.54) is 0 Å². The molecule has 1 aliphatic rings. The van der Waals surface area contributed by atoms with Gasteiger partial charge < -0.3 is 19.6 Å². The monoisotopic (exact) mass is 331 g/mol. The van der Waals surface area contributed by atoms with Gasteiger partial charge in [0.15, 0.2) is 8.32 Å². The van der Waals surface area contributed by atoms with Crippen LogP contribution in [-0.2, 0) is 14.0 Å². The third-order valence-electron chi connectivity index (χ3n) is 4.87. The van der Waals surface area contributed by atoms with E-state index in [2.05, 4.69) is 39.2 Å². The molecule has 2 N–H and O–H groups in total. The molecule has 0 bridgehead atoms. The van der Waals surface area contributed by atoms with Crippen molar-refractivity contribution in [3.8, 4) is 0 Å². The Morgan fingerprint density at radius 1 is 1.32 bits per heavy atom. The van der Waals surface area contributed by atoms with Crippen LogP contribution in [0.4, 0.5) is 0 Å². The Labute approximate surface area is 135 Å². The highest BCUT2D eigenvalue weighted by Crippen LogP contribution is 2.36. The fraction of sp³-hybridized carbons (Fsp3) is 0.938. The van der Waals surface area contributed by atoms with Crippen molar-refractivity contribution in [1.29, 1.82) is 0 Å². The number of aliphatic hydroxyl groups excluding tert-OH is 1. The first-order valence-corrected chi connectivity index (χ1v) is 11.2. The number of carbonyl (C=O) groups is 1. The lowest BCUT2D eigenvalue weighted by atomic mass is 9.94. The van der Waals surface area contributed by atoms with Gasteiger partial charge in [-0.3, -0.25) is 4.79 Å². The summed E-state index contributed by atoms with van der Waals surface area (Å²) in [4.78, 5) is 11.6. The van der Waals surface area contributed by atoms with Gasteiger partial charge in [0, 0.05) is 6.04 Å². The van der Waals surface area contributed by atoms with Crippen LogP contribution in [-0.4, -0.2) is 50.8 Å². The SMILES string of the molecule is CCOC(=O)C[C@H]1CC[C@H](O)[C@@H](CO[Si](C)(C)C(C)(C)C)N1. The molecule has 5 nitrogen and oxygen atoms in total. The molecule has 0 aromatic carbocycles. The van der Waals surface area contributed by atoms with Crippen molar-refractivity contribution < 1.29 is 19.1 Å². The van der Waals surface area contributed by atoms with E-state index in [9.17, 15) is 9.90 Å². The minimum atomic E-state index is -1.83. The summed E-state index contributed by atoms with van der Waals surface area (Å²) in [6, 6.07) is -0.0437. The van der Waals surface area contributed by atoms with Crippen LogP contribution in [0.3, 0.4) is 0 Å². The molecule has 1 fully saturated rings. The maximum absolute atomic E-state index is 11.6. The lowest BCUT2D eigenvalue weighted by molar-refractivity contribution is -0.144. The minimum Gasteiger partial charge on any atom is -0.466 e. The van der Waals surface area contributed by atoms with E-state index >= 15 is 0 Å². The smallest absolute Gasteiger partial charge is 0.307 e. The number of esters is 1. The zero-order valence-electron chi connectivity index (χ0n) is 14.9. The Hall–Kier alpha value is -0.433. The Bertz CT molecular complexity index is 368. The predicted molar refractivity (Wildman–Crippen MR) is 90.4 cm³/mol. The van der Waals surface area contributed by atoms with Crippen molar-refractivity contribution in [3.63, 3.8) is 0 Å². The van der Waals surface area contributed by atoms with Gasteiger partial charge in [-0.2, -0.15) is 0 Å². The summed E-state index contributed by atoms with van der Waals surface area (Å²) < 4.78 is 11.2. The quantitative estimate of drug-likeness (QED) is 0.578. The molecule has 0 aromatic heterocycles. The van der Waals surface area contributed by atoms with Crippen LogP contribution < -0.4 is 5.32 Å². The summed E-state index contributed by atoms with van der Waals surface area (Å²) in [5.74, 6) is -0.180. The molecule has 0 saturated carbocycles. The first-order valence-electron chi connectivity index (χ1n) is 8.30. The van der Waals surface area contributed by atoms with E-state index in [4.69, 9.17) is 9.16 Å². The van der Waals surface area contributed by atoms with Gasteiger partial charge in [-0.25, -0.2) is 0 Å². The molecule has 0 aliphatic carbocycles. The molecule has 1 saturated heterocycles. The second-order valence-corrected chi connectivity index (χ2v) is 12.5. The summed E-state index contributed by atoms with van der Waals surface area (Å²) in [5.41, 5.74) is 0. The fourth-order valence-corrected chi connectivity index (χ4v) is 3.36. The highest BCUT2D eigenvalue weighted by molar-refractivity contribution is 6.74. The first kappa shape index (κ1) is 19.6. The van der Waals surface area contributed by atoms with Crippen molar-refractivity contribution in [3.05, 3.63) is 0 Å². The van der Waals surface area contributed by atoms with Crippen LogP contribution in [0.15, 0.2) is 0 Å². The number of ether oxygens (including phenoxy) is 1. The van der Waals surface area contributed by atoms with Crippen LogP contribution in [0.5, 0.6) is 0 Å². The maximum Gasteiger partial charge on any atom is 0.307 e. The number of rotatable bonds is 6. The predicted octanol–water partition coefficient (Wildman–Crippen LogP) is 2.44. The number of nitrogens with one attached hydrogen (secondary N) is 1. The molecular weight excluding hydrogens is 298 g/mol. The average molecular weight is 332 g/mol. The number of hydrogen-bond acceptors (Lipinski definition) is 5. The summed E-state index contributed by atoms with van der Waals surface area (Å²) in [5, 5.41) is 13.7. The molecule has 22 heavy (non-hydrogen) atoms. The molecule has 6 heteroatoms. The van der Waals surface area contributed by atoms with Gasteiger partial charge in [-0.05, 0) is 37.9 Å². The highest BCUT2D eigenvalue weighted by Gasteiger charge is 2.39. The zero-order chi connectivity index (χ0) is 17.0. The van der Waals surface area contributed by atoms with Crippen LogP contribution >= 0.6 is 0 Å². The minimum absolute atomic E-state index is 0.0652. The molecule has 1 rings (SSSR count). The molecule has 0 amide bonds. The van der Waals surface area contributed by atoms with Gasteiger partial charge in [0.25, 0.3) is 0 Å². The van der Waals surface area contributed by atoms with E-state index in [1.807, 2.05) is 6.92 Å². The van der Waals surface area contributed by atoms with E-state index < -0.39 is 14.4 Å². The molecule has 0 aromatic rings. The molecule has 1 aliphatic heterocycles. The third kappa shape index (κ3) is 5.65. The summed E-state index contributed by atoms with van der Waals surface area (Å²) in [6.45, 7) is 13.7. The molecule has 0 unspecified atom stereocenters. The van der Waals surface area contributed by atoms with Crippen LogP contribution in [0.25, 0.3) is 0 Å². The van der Waals surface area contributed by atoms with Crippen molar-refractivity contribution in [2.24, 2.45) is 0 Å². The first-order chi connectivity index (χ1) is 10.1. The van der Waals surface area contributed by atoms with Gasteiger partial charge in [0.2, 0.25) is 0 Å². The molecule has 130 valence electrons. The van der Waals surface area contributed by atoms with Crippen molar-refractivity contribution >= 4 is 14.3 Å². The van der Waals surface area contributed by atoms with E-state index in [0.29, 0.717) is 26.1 Å². The maximum atomic E-state index is 11.6. The Balaban J connectivity index is 2.53. The fourth-order valence-electron chi connectivity index (χ4n) is 2.33. The van der Waals surface area contributed by atoms with Gasteiger partial charge >= 0.3 is 5.97 Å². The summed E-state index contributed by atoms with van der Waals surface area (Å²) >= 11 is 0. The number of carbonyl (C=O) groups excluding carboxylic acids is 1. The van der Waals surface area contributed by atoms with Gasteiger partial charge in [-0.1, -0.05) is 20.8 Å². The van der Waals surface area contributed by atoms with Gasteiger partial charge in [0.05, 0.1) is 31.8 Å². The molecule has 0 radical (unpaired) electrons. The average Bonchev–Trinajstić information content (AvgIpc) is 2.38. The van der Waals surface area contributed by atoms with Crippen LogP contribution in [0.2, 0.25) is 18.1 Å². The number of hydrogen-bond donors (Lipinski definition) is 2. The number of aliphatic hydroxyl groups is 1.